The van der Waals surface area contributed by atoms with Gasteiger partial charge in [-0.2, -0.15) is 0 Å². The quantitative estimate of drug-likeness (QED) is 0.397. The van der Waals surface area contributed by atoms with Crippen LogP contribution in [0.3, 0.4) is 0 Å². The lowest BCUT2D eigenvalue weighted by Gasteiger charge is -2.27. The summed E-state index contributed by atoms with van der Waals surface area (Å²) in [4.78, 5) is 39.4. The van der Waals surface area contributed by atoms with Gasteiger partial charge in [-0.25, -0.2) is 13.2 Å². The first-order valence-corrected chi connectivity index (χ1v) is 13.5. The van der Waals surface area contributed by atoms with Crippen molar-refractivity contribution < 1.29 is 27.9 Å². The zero-order valence-corrected chi connectivity index (χ0v) is 20.4. The fraction of sp³-hybridized carbons (Fsp3) is 0.522. The SMILES string of the molecule is C=CC1CC1(NC(=O)[C@@H]1C[C@@H](C2c3cccc(Cl)c3CN2C(=O)O)CN1)C(=O)NS(=O)(=O)C1CC1. The third-order valence-electron chi connectivity index (χ3n) is 7.56. The number of amides is 3. The minimum absolute atomic E-state index is 0.183. The number of halogens is 1. The van der Waals surface area contributed by atoms with E-state index in [1.165, 1.54) is 4.90 Å². The van der Waals surface area contributed by atoms with E-state index < -0.39 is 50.8 Å². The minimum Gasteiger partial charge on any atom is -0.465 e. The molecule has 35 heavy (non-hydrogen) atoms. The van der Waals surface area contributed by atoms with E-state index in [1.807, 2.05) is 6.07 Å². The van der Waals surface area contributed by atoms with Crippen molar-refractivity contribution in [3.63, 3.8) is 0 Å². The van der Waals surface area contributed by atoms with Crippen LogP contribution in [0, 0.1) is 11.8 Å². The Balaban J connectivity index is 1.29. The van der Waals surface area contributed by atoms with E-state index in [9.17, 15) is 27.9 Å². The number of sulfonamides is 1. The molecule has 4 aliphatic rings. The van der Waals surface area contributed by atoms with Gasteiger partial charge in [0.2, 0.25) is 15.9 Å². The molecule has 5 rings (SSSR count). The van der Waals surface area contributed by atoms with Crippen molar-refractivity contribution in [1.82, 2.24) is 20.3 Å². The monoisotopic (exact) mass is 522 g/mol. The van der Waals surface area contributed by atoms with Gasteiger partial charge in [-0.1, -0.05) is 29.8 Å². The van der Waals surface area contributed by atoms with E-state index in [4.69, 9.17) is 11.6 Å². The topological polar surface area (TPSA) is 145 Å². The van der Waals surface area contributed by atoms with Crippen molar-refractivity contribution >= 4 is 39.5 Å². The maximum absolute atomic E-state index is 13.2. The summed E-state index contributed by atoms with van der Waals surface area (Å²) in [7, 11) is -3.75. The zero-order valence-electron chi connectivity index (χ0n) is 18.9. The largest absolute Gasteiger partial charge is 0.465 e. The number of carboxylic acid groups (broad SMARTS) is 1. The normalized spacial score (nSPS) is 31.5. The van der Waals surface area contributed by atoms with Crippen molar-refractivity contribution in [3.05, 3.63) is 47.0 Å². The summed E-state index contributed by atoms with van der Waals surface area (Å²) < 4.78 is 26.7. The molecule has 1 saturated heterocycles. The molecular weight excluding hydrogens is 496 g/mol. The first-order chi connectivity index (χ1) is 16.6. The smallest absolute Gasteiger partial charge is 0.408 e. The van der Waals surface area contributed by atoms with Gasteiger partial charge in [0.25, 0.3) is 5.91 Å². The van der Waals surface area contributed by atoms with Crippen LogP contribution in [0.1, 0.15) is 42.9 Å². The molecule has 2 aliphatic heterocycles. The molecule has 3 fully saturated rings. The lowest BCUT2D eigenvalue weighted by molar-refractivity contribution is -0.130. The Morgan fingerprint density at radius 1 is 1.29 bits per heavy atom. The summed E-state index contributed by atoms with van der Waals surface area (Å²) in [6.07, 6.45) is 2.13. The second kappa shape index (κ2) is 8.49. The summed E-state index contributed by atoms with van der Waals surface area (Å²) in [5.41, 5.74) is 0.262. The van der Waals surface area contributed by atoms with E-state index >= 15 is 0 Å². The number of carbonyl (C=O) groups is 3. The van der Waals surface area contributed by atoms with Gasteiger partial charge in [0.15, 0.2) is 0 Å². The Morgan fingerprint density at radius 2 is 2.03 bits per heavy atom. The van der Waals surface area contributed by atoms with Crippen LogP contribution in [0.25, 0.3) is 0 Å². The molecule has 3 amide bonds. The molecule has 1 aromatic carbocycles. The van der Waals surface area contributed by atoms with E-state index in [2.05, 4.69) is 21.9 Å². The van der Waals surface area contributed by atoms with Crippen LogP contribution in [0.2, 0.25) is 5.02 Å². The van der Waals surface area contributed by atoms with Crippen molar-refractivity contribution in [2.24, 2.45) is 11.8 Å². The third-order valence-corrected chi connectivity index (χ3v) is 9.73. The van der Waals surface area contributed by atoms with Gasteiger partial charge in [0, 0.05) is 17.5 Å². The minimum atomic E-state index is -3.75. The molecule has 2 aliphatic carbocycles. The predicted octanol–water partition coefficient (Wildman–Crippen LogP) is 1.52. The van der Waals surface area contributed by atoms with Crippen molar-refractivity contribution in [3.8, 4) is 0 Å². The molecule has 0 bridgehead atoms. The van der Waals surface area contributed by atoms with Crippen LogP contribution >= 0.6 is 11.6 Å². The highest BCUT2D eigenvalue weighted by Gasteiger charge is 2.61. The zero-order chi connectivity index (χ0) is 25.1. The number of fused-ring (bicyclic) bond motifs is 1. The van der Waals surface area contributed by atoms with E-state index in [0.29, 0.717) is 30.8 Å². The molecule has 4 N–H and O–H groups in total. The van der Waals surface area contributed by atoms with Crippen molar-refractivity contribution in [2.45, 2.75) is 55.1 Å². The molecular formula is C23H27ClN4O6S. The van der Waals surface area contributed by atoms with Crippen LogP contribution in [-0.4, -0.2) is 59.7 Å². The van der Waals surface area contributed by atoms with Crippen LogP contribution in [0.4, 0.5) is 4.79 Å². The Kier molecular flexibility index (Phi) is 5.84. The number of benzene rings is 1. The Labute approximate surface area is 208 Å². The number of hydrogen-bond donors (Lipinski definition) is 4. The molecule has 5 atom stereocenters. The maximum atomic E-state index is 13.2. The molecule has 2 saturated carbocycles. The number of nitrogens with zero attached hydrogens (tertiary/aromatic N) is 1. The Morgan fingerprint density at radius 3 is 2.66 bits per heavy atom. The molecule has 2 heterocycles. The van der Waals surface area contributed by atoms with E-state index in [1.54, 1.807) is 18.2 Å². The lowest BCUT2D eigenvalue weighted by atomic mass is 9.90. The standard InChI is InChI=1S/C23H27ClN4O6S/c1-2-13-9-23(13,21(30)27-35(33,34)14-6-7-14)26-20(29)18-8-12(10-25-18)19-15-4-3-5-17(24)16(15)11-28(19)22(31)32/h2-5,12-14,18-19,25H,1,6-11H2,(H,26,29)(H,27,30)(H,31,32)/t12-,13?,18+,19?,23?/m1/s1. The highest BCUT2D eigenvalue weighted by atomic mass is 35.5. The molecule has 10 nitrogen and oxygen atoms in total. The molecule has 0 radical (unpaired) electrons. The average molecular weight is 523 g/mol. The second-order valence-corrected chi connectivity index (χ2v) is 12.2. The average Bonchev–Trinajstić information content (AvgIpc) is 3.68. The third kappa shape index (κ3) is 4.19. The second-order valence-electron chi connectivity index (χ2n) is 9.80. The van der Waals surface area contributed by atoms with Gasteiger partial charge < -0.3 is 15.7 Å². The van der Waals surface area contributed by atoms with Crippen LogP contribution < -0.4 is 15.4 Å². The molecule has 12 heteroatoms. The lowest BCUT2D eigenvalue weighted by Crippen LogP contribution is -2.55. The van der Waals surface area contributed by atoms with Crippen LogP contribution in [-0.2, 0) is 26.2 Å². The summed E-state index contributed by atoms with van der Waals surface area (Å²) in [5, 5.41) is 15.6. The fourth-order valence-electron chi connectivity index (χ4n) is 5.38. The van der Waals surface area contributed by atoms with Gasteiger partial charge in [0.1, 0.15) is 5.54 Å². The highest BCUT2D eigenvalue weighted by Crippen LogP contribution is 2.46. The Bertz CT molecular complexity index is 1220. The van der Waals surface area contributed by atoms with E-state index in [-0.39, 0.29) is 24.8 Å². The van der Waals surface area contributed by atoms with Crippen LogP contribution in [0.15, 0.2) is 30.9 Å². The summed E-state index contributed by atoms with van der Waals surface area (Å²) in [6.45, 7) is 4.28. The van der Waals surface area contributed by atoms with Crippen molar-refractivity contribution in [2.75, 3.05) is 6.54 Å². The van der Waals surface area contributed by atoms with Gasteiger partial charge >= 0.3 is 6.09 Å². The van der Waals surface area contributed by atoms with Gasteiger partial charge in [-0.05, 0) is 48.8 Å². The number of hydrogen-bond acceptors (Lipinski definition) is 6. The number of rotatable bonds is 7. The molecule has 0 spiro atoms. The molecule has 188 valence electrons. The van der Waals surface area contributed by atoms with E-state index in [0.717, 1.165) is 11.1 Å². The predicted molar refractivity (Wildman–Crippen MR) is 127 cm³/mol. The van der Waals surface area contributed by atoms with Crippen molar-refractivity contribution in [1.29, 1.82) is 0 Å². The molecule has 1 aromatic rings. The summed E-state index contributed by atoms with van der Waals surface area (Å²) in [5.74, 6) is -1.73. The summed E-state index contributed by atoms with van der Waals surface area (Å²) in [6, 6.07) is 4.27. The number of nitrogens with one attached hydrogen (secondary N) is 3. The highest BCUT2D eigenvalue weighted by molar-refractivity contribution is 7.91. The molecule has 0 aromatic heterocycles. The molecule has 3 unspecified atom stereocenters. The first kappa shape index (κ1) is 24.1. The number of carbonyl (C=O) groups excluding carboxylic acids is 2. The fourth-order valence-corrected chi connectivity index (χ4v) is 6.98. The summed E-state index contributed by atoms with van der Waals surface area (Å²) >= 11 is 6.31. The maximum Gasteiger partial charge on any atom is 0.408 e. The van der Waals surface area contributed by atoms with Crippen LogP contribution in [0.5, 0.6) is 0 Å². The van der Waals surface area contributed by atoms with Gasteiger partial charge in [0.05, 0.1) is 23.9 Å². The van der Waals surface area contributed by atoms with Gasteiger partial charge in [-0.15, -0.1) is 6.58 Å². The first-order valence-electron chi connectivity index (χ1n) is 11.6. The Hall–Kier alpha value is -2.63. The van der Waals surface area contributed by atoms with Gasteiger partial charge in [-0.3, -0.25) is 19.2 Å².